The lowest BCUT2D eigenvalue weighted by atomic mass is 9.85. The molecule has 0 saturated heterocycles. The van der Waals surface area contributed by atoms with E-state index in [0.29, 0.717) is 0 Å². The first-order valence-corrected chi connectivity index (χ1v) is 16.6. The highest BCUT2D eigenvalue weighted by molar-refractivity contribution is 6.22. The predicted octanol–water partition coefficient (Wildman–Crippen LogP) is 13.5. The van der Waals surface area contributed by atoms with Gasteiger partial charge < -0.3 is 0 Å². The van der Waals surface area contributed by atoms with Gasteiger partial charge in [-0.15, -0.1) is 0 Å². The second-order valence-electron chi connectivity index (χ2n) is 12.5. The number of fused-ring (bicyclic) bond motifs is 3. The molecular formula is C48H32. The molecule has 0 N–H and O–H groups in total. The number of hydrogen-bond donors (Lipinski definition) is 0. The van der Waals surface area contributed by atoms with E-state index in [1.807, 2.05) is 0 Å². The fourth-order valence-corrected chi connectivity index (χ4v) is 7.36. The molecule has 0 saturated carbocycles. The van der Waals surface area contributed by atoms with Crippen LogP contribution in [0.1, 0.15) is 0 Å². The van der Waals surface area contributed by atoms with Gasteiger partial charge in [0.1, 0.15) is 0 Å². The van der Waals surface area contributed by atoms with Crippen molar-refractivity contribution in [3.63, 3.8) is 0 Å². The zero-order chi connectivity index (χ0) is 31.9. The minimum Gasteiger partial charge on any atom is -0.0622 e. The van der Waals surface area contributed by atoms with Crippen molar-refractivity contribution in [2.75, 3.05) is 0 Å². The maximum atomic E-state index is 2.39. The van der Waals surface area contributed by atoms with Crippen molar-refractivity contribution in [3.05, 3.63) is 194 Å². The lowest BCUT2D eigenvalue weighted by Crippen LogP contribution is -1.91. The monoisotopic (exact) mass is 608 g/mol. The summed E-state index contributed by atoms with van der Waals surface area (Å²) in [4.78, 5) is 0. The summed E-state index contributed by atoms with van der Waals surface area (Å²) in [6, 6.07) is 70.6. The molecule has 0 heterocycles. The molecule has 0 nitrogen and oxygen atoms in total. The van der Waals surface area contributed by atoms with Gasteiger partial charge >= 0.3 is 0 Å². The molecule has 0 unspecified atom stereocenters. The molecule has 0 atom stereocenters. The Bertz CT molecular complexity index is 2550. The first kappa shape index (κ1) is 28.0. The normalized spacial score (nSPS) is 11.3. The Labute approximate surface area is 281 Å². The van der Waals surface area contributed by atoms with Crippen molar-refractivity contribution in [1.82, 2.24) is 0 Å². The molecule has 0 bridgehead atoms. The largest absolute Gasteiger partial charge is 0.0622 e. The molecule has 0 fully saturated rings. The molecular weight excluding hydrogens is 577 g/mol. The van der Waals surface area contributed by atoms with Crippen molar-refractivity contribution in [3.8, 4) is 55.6 Å². The Hall–Kier alpha value is -6.24. The Morgan fingerprint density at radius 1 is 0.208 bits per heavy atom. The summed E-state index contributed by atoms with van der Waals surface area (Å²) >= 11 is 0. The van der Waals surface area contributed by atoms with Crippen molar-refractivity contribution in [2.45, 2.75) is 0 Å². The summed E-state index contributed by atoms with van der Waals surface area (Å²) in [5.74, 6) is 0. The van der Waals surface area contributed by atoms with Crippen LogP contribution in [0.5, 0.6) is 0 Å². The van der Waals surface area contributed by atoms with E-state index in [1.165, 1.54) is 88.0 Å². The predicted molar refractivity (Wildman–Crippen MR) is 206 cm³/mol. The molecule has 0 heteroatoms. The zero-order valence-electron chi connectivity index (χ0n) is 26.5. The van der Waals surface area contributed by atoms with Gasteiger partial charge in [0.2, 0.25) is 0 Å². The lowest BCUT2D eigenvalue weighted by molar-refractivity contribution is 1.59. The second kappa shape index (κ2) is 11.8. The highest BCUT2D eigenvalue weighted by atomic mass is 14.2. The highest BCUT2D eigenvalue weighted by Gasteiger charge is 2.17. The maximum Gasteiger partial charge on any atom is -0.00262 e. The number of benzene rings is 9. The lowest BCUT2D eigenvalue weighted by Gasteiger charge is -2.18. The molecule has 0 aromatic heterocycles. The number of hydrogen-bond acceptors (Lipinski definition) is 0. The smallest absolute Gasteiger partial charge is 0.00262 e. The summed E-state index contributed by atoms with van der Waals surface area (Å²) in [6.45, 7) is 0. The van der Waals surface area contributed by atoms with Crippen LogP contribution < -0.4 is 0 Å². The third-order valence-corrected chi connectivity index (χ3v) is 9.69. The molecule has 0 radical (unpaired) electrons. The van der Waals surface area contributed by atoms with Crippen LogP contribution in [0.2, 0.25) is 0 Å². The molecule has 0 aliphatic heterocycles. The minimum atomic E-state index is 1.21. The van der Waals surface area contributed by atoms with E-state index in [4.69, 9.17) is 0 Å². The zero-order valence-corrected chi connectivity index (χ0v) is 26.5. The highest BCUT2D eigenvalue weighted by Crippen LogP contribution is 2.44. The first-order valence-electron chi connectivity index (χ1n) is 16.6. The molecule has 0 spiro atoms. The van der Waals surface area contributed by atoms with Crippen LogP contribution in [0.3, 0.4) is 0 Å². The van der Waals surface area contributed by atoms with E-state index in [0.717, 1.165) is 0 Å². The van der Waals surface area contributed by atoms with E-state index in [-0.39, 0.29) is 0 Å². The molecule has 9 aromatic carbocycles. The molecule has 224 valence electrons. The Kier molecular flexibility index (Phi) is 6.91. The third-order valence-electron chi connectivity index (χ3n) is 9.69. The third kappa shape index (κ3) is 4.87. The molecule has 9 rings (SSSR count). The molecule has 0 amide bonds. The second-order valence-corrected chi connectivity index (χ2v) is 12.5. The topological polar surface area (TPSA) is 0 Å². The summed E-state index contributed by atoms with van der Waals surface area (Å²) in [5.41, 5.74) is 12.4. The fraction of sp³-hybridized carbons (Fsp3) is 0. The standard InChI is InChI=1S/C48H32/c1-3-13-38(14-4-1)47-43-19-9-10-20-44(43)48(39-15-5-2-6-16-39)46-32-40(30-31-45(46)47)35-24-22-33(23-25-35)34-26-28-37(29-27-34)42-21-11-17-36-12-7-8-18-41(36)42/h1-32H. The van der Waals surface area contributed by atoms with Crippen LogP contribution in [0.25, 0.3) is 88.0 Å². The van der Waals surface area contributed by atoms with Crippen LogP contribution in [-0.4, -0.2) is 0 Å². The van der Waals surface area contributed by atoms with Gasteiger partial charge in [-0.2, -0.15) is 0 Å². The maximum absolute atomic E-state index is 2.39. The SMILES string of the molecule is c1ccc(-c2c3ccccc3c(-c3ccccc3)c3cc(-c4ccc(-c5ccc(-c6cccc7ccccc67)cc5)cc4)ccc23)cc1. The van der Waals surface area contributed by atoms with Gasteiger partial charge in [-0.05, 0) is 94.0 Å². The van der Waals surface area contributed by atoms with Crippen LogP contribution in [-0.2, 0) is 0 Å². The summed E-state index contributed by atoms with van der Waals surface area (Å²) in [6.07, 6.45) is 0. The van der Waals surface area contributed by atoms with Crippen LogP contribution >= 0.6 is 0 Å². The Balaban J connectivity index is 1.14. The molecule has 0 aliphatic carbocycles. The van der Waals surface area contributed by atoms with E-state index < -0.39 is 0 Å². The average molecular weight is 609 g/mol. The van der Waals surface area contributed by atoms with Crippen LogP contribution in [0.15, 0.2) is 194 Å². The van der Waals surface area contributed by atoms with Crippen molar-refractivity contribution >= 4 is 32.3 Å². The van der Waals surface area contributed by atoms with Gasteiger partial charge in [-0.25, -0.2) is 0 Å². The van der Waals surface area contributed by atoms with E-state index in [9.17, 15) is 0 Å². The van der Waals surface area contributed by atoms with Crippen LogP contribution in [0.4, 0.5) is 0 Å². The quantitative estimate of drug-likeness (QED) is 0.171. The fourth-order valence-electron chi connectivity index (χ4n) is 7.36. The van der Waals surface area contributed by atoms with Gasteiger partial charge in [0.05, 0.1) is 0 Å². The number of rotatable bonds is 5. The van der Waals surface area contributed by atoms with Gasteiger partial charge in [0.25, 0.3) is 0 Å². The van der Waals surface area contributed by atoms with Crippen molar-refractivity contribution in [2.24, 2.45) is 0 Å². The Morgan fingerprint density at radius 2 is 0.625 bits per heavy atom. The van der Waals surface area contributed by atoms with E-state index in [1.54, 1.807) is 0 Å². The average Bonchev–Trinajstić information content (AvgIpc) is 3.17. The van der Waals surface area contributed by atoms with Gasteiger partial charge in [-0.3, -0.25) is 0 Å². The summed E-state index contributed by atoms with van der Waals surface area (Å²) in [7, 11) is 0. The van der Waals surface area contributed by atoms with E-state index >= 15 is 0 Å². The Morgan fingerprint density at radius 3 is 1.23 bits per heavy atom. The summed E-state index contributed by atoms with van der Waals surface area (Å²) < 4.78 is 0. The van der Waals surface area contributed by atoms with Crippen LogP contribution in [0, 0.1) is 0 Å². The van der Waals surface area contributed by atoms with Crippen molar-refractivity contribution in [1.29, 1.82) is 0 Å². The minimum absolute atomic E-state index is 1.21. The molecule has 48 heavy (non-hydrogen) atoms. The molecule has 9 aromatic rings. The van der Waals surface area contributed by atoms with Crippen molar-refractivity contribution < 1.29 is 0 Å². The summed E-state index contributed by atoms with van der Waals surface area (Å²) in [5, 5.41) is 7.64. The van der Waals surface area contributed by atoms with E-state index in [2.05, 4.69) is 194 Å². The van der Waals surface area contributed by atoms with Gasteiger partial charge in [0, 0.05) is 0 Å². The first-order chi connectivity index (χ1) is 23.8. The van der Waals surface area contributed by atoms with Gasteiger partial charge in [0.15, 0.2) is 0 Å². The molecule has 0 aliphatic rings. The van der Waals surface area contributed by atoms with Gasteiger partial charge in [-0.1, -0.05) is 188 Å².